The molecular weight excluding hydrogens is 404 g/mol. The molecule has 0 radical (unpaired) electrons. The van der Waals surface area contributed by atoms with Crippen molar-refractivity contribution in [3.63, 3.8) is 0 Å². The van der Waals surface area contributed by atoms with Gasteiger partial charge in [0.15, 0.2) is 5.13 Å². The maximum absolute atomic E-state index is 13.4. The number of hydrogen-bond acceptors (Lipinski definition) is 7. The van der Waals surface area contributed by atoms with Gasteiger partial charge in [-0.1, -0.05) is 11.3 Å². The molecule has 0 N–H and O–H groups in total. The van der Waals surface area contributed by atoms with Crippen LogP contribution >= 0.6 is 22.7 Å². The summed E-state index contributed by atoms with van der Waals surface area (Å²) in [6, 6.07) is 11.5. The first kappa shape index (κ1) is 19.8. The summed E-state index contributed by atoms with van der Waals surface area (Å²) in [7, 11) is 5.72. The van der Waals surface area contributed by atoms with Crippen LogP contribution in [0.3, 0.4) is 0 Å². The zero-order valence-corrected chi connectivity index (χ0v) is 18.2. The van der Waals surface area contributed by atoms with E-state index in [0.29, 0.717) is 17.2 Å². The van der Waals surface area contributed by atoms with Crippen molar-refractivity contribution in [1.82, 2.24) is 14.9 Å². The van der Waals surface area contributed by atoms with Gasteiger partial charge in [-0.25, -0.2) is 9.97 Å². The van der Waals surface area contributed by atoms with E-state index in [1.54, 1.807) is 28.9 Å². The minimum atomic E-state index is -0.0370. The average molecular weight is 427 g/mol. The summed E-state index contributed by atoms with van der Waals surface area (Å²) in [6.07, 6.45) is 0.862. The zero-order valence-electron chi connectivity index (χ0n) is 16.6. The molecule has 8 heteroatoms. The first-order chi connectivity index (χ1) is 14.0. The molecule has 0 bridgehead atoms. The van der Waals surface area contributed by atoms with E-state index in [2.05, 4.69) is 9.88 Å². The molecule has 0 saturated heterocycles. The van der Waals surface area contributed by atoms with Crippen molar-refractivity contribution in [3.05, 3.63) is 47.5 Å². The molecule has 2 aromatic heterocycles. The second-order valence-electron chi connectivity index (χ2n) is 6.98. The van der Waals surface area contributed by atoms with Crippen molar-refractivity contribution in [3.8, 4) is 5.75 Å². The Morgan fingerprint density at radius 3 is 2.69 bits per heavy atom. The number of amides is 1. The number of ether oxygens (including phenoxy) is 1. The van der Waals surface area contributed by atoms with E-state index in [1.165, 1.54) is 11.3 Å². The molecule has 0 fully saturated rings. The van der Waals surface area contributed by atoms with Crippen LogP contribution in [-0.4, -0.2) is 55.1 Å². The van der Waals surface area contributed by atoms with Gasteiger partial charge in [0, 0.05) is 12.1 Å². The second-order valence-corrected chi connectivity index (χ2v) is 8.87. The average Bonchev–Trinajstić information content (AvgIpc) is 3.35. The Morgan fingerprint density at radius 1 is 1.07 bits per heavy atom. The molecule has 150 valence electrons. The van der Waals surface area contributed by atoms with Gasteiger partial charge in [-0.3, -0.25) is 9.69 Å². The van der Waals surface area contributed by atoms with Crippen LogP contribution in [0, 0.1) is 0 Å². The number of anilines is 1. The molecule has 4 rings (SSSR count). The van der Waals surface area contributed by atoms with Crippen molar-refractivity contribution < 1.29 is 9.53 Å². The van der Waals surface area contributed by atoms with Gasteiger partial charge in [-0.2, -0.15) is 0 Å². The minimum Gasteiger partial charge on any atom is -0.497 e. The molecule has 0 atom stereocenters. The van der Waals surface area contributed by atoms with Gasteiger partial charge in [0.25, 0.3) is 5.91 Å². The molecule has 1 amide bonds. The Balaban J connectivity index is 1.69. The van der Waals surface area contributed by atoms with Crippen LogP contribution in [0.2, 0.25) is 0 Å². The van der Waals surface area contributed by atoms with Crippen molar-refractivity contribution in [2.75, 3.05) is 39.2 Å². The van der Waals surface area contributed by atoms with Gasteiger partial charge >= 0.3 is 0 Å². The highest BCUT2D eigenvalue weighted by Crippen LogP contribution is 2.32. The number of hydrogen-bond donors (Lipinski definition) is 0. The fourth-order valence-corrected chi connectivity index (χ4v) is 4.84. The lowest BCUT2D eigenvalue weighted by atomic mass is 10.2. The Morgan fingerprint density at radius 2 is 1.90 bits per heavy atom. The van der Waals surface area contributed by atoms with Crippen molar-refractivity contribution in [2.24, 2.45) is 0 Å². The normalized spacial score (nSPS) is 11.4. The summed E-state index contributed by atoms with van der Waals surface area (Å²) in [4.78, 5) is 26.4. The summed E-state index contributed by atoms with van der Waals surface area (Å²) < 4.78 is 7.34. The van der Waals surface area contributed by atoms with Gasteiger partial charge in [0.2, 0.25) is 0 Å². The lowest BCUT2D eigenvalue weighted by Gasteiger charge is -2.21. The largest absolute Gasteiger partial charge is 0.497 e. The number of aromatic nitrogens is 2. The number of rotatable bonds is 7. The van der Waals surface area contributed by atoms with E-state index in [4.69, 9.17) is 9.72 Å². The molecule has 4 aromatic rings. The smallest absolute Gasteiger partial charge is 0.260 e. The van der Waals surface area contributed by atoms with Crippen LogP contribution < -0.4 is 9.64 Å². The molecule has 2 aromatic carbocycles. The molecule has 0 aliphatic carbocycles. The molecule has 0 saturated carbocycles. The molecule has 0 spiro atoms. The van der Waals surface area contributed by atoms with Crippen LogP contribution in [0.1, 0.15) is 16.8 Å². The van der Waals surface area contributed by atoms with Crippen LogP contribution in [0.15, 0.2) is 41.9 Å². The summed E-state index contributed by atoms with van der Waals surface area (Å²) in [5, 5.41) is 0.710. The Labute approximate surface area is 177 Å². The zero-order chi connectivity index (χ0) is 20.4. The number of thiazole rings is 2. The monoisotopic (exact) mass is 426 g/mol. The summed E-state index contributed by atoms with van der Waals surface area (Å²) in [6.45, 7) is 1.51. The first-order valence-electron chi connectivity index (χ1n) is 9.29. The van der Waals surface area contributed by atoms with Crippen LogP contribution in [0.5, 0.6) is 5.75 Å². The number of methoxy groups -OCH3 is 1. The Hall–Kier alpha value is -2.55. The Bertz CT molecular complexity index is 1150. The predicted octanol–water partition coefficient (Wildman–Crippen LogP) is 4.51. The molecule has 2 heterocycles. The van der Waals surface area contributed by atoms with Crippen LogP contribution in [0.4, 0.5) is 5.13 Å². The molecule has 29 heavy (non-hydrogen) atoms. The number of nitrogens with zero attached hydrogens (tertiary/aromatic N) is 4. The van der Waals surface area contributed by atoms with Crippen LogP contribution in [0.25, 0.3) is 20.4 Å². The highest BCUT2D eigenvalue weighted by Gasteiger charge is 2.22. The van der Waals surface area contributed by atoms with Crippen molar-refractivity contribution in [1.29, 1.82) is 0 Å². The van der Waals surface area contributed by atoms with E-state index in [-0.39, 0.29) is 5.91 Å². The third kappa shape index (κ3) is 4.24. The van der Waals surface area contributed by atoms with Crippen molar-refractivity contribution in [2.45, 2.75) is 6.42 Å². The third-order valence-electron chi connectivity index (χ3n) is 4.63. The van der Waals surface area contributed by atoms with E-state index in [1.807, 2.05) is 50.5 Å². The quantitative estimate of drug-likeness (QED) is 0.435. The topological polar surface area (TPSA) is 58.6 Å². The maximum Gasteiger partial charge on any atom is 0.260 e. The summed E-state index contributed by atoms with van der Waals surface area (Å²) in [5.41, 5.74) is 4.24. The van der Waals surface area contributed by atoms with Gasteiger partial charge < -0.3 is 9.64 Å². The summed E-state index contributed by atoms with van der Waals surface area (Å²) in [5.74, 6) is 0.749. The second kappa shape index (κ2) is 8.44. The number of fused-ring (bicyclic) bond motifs is 2. The molecule has 0 aliphatic rings. The molecule has 0 unspecified atom stereocenters. The minimum absolute atomic E-state index is 0.0370. The number of carbonyl (C=O) groups excluding carboxylic acids is 1. The summed E-state index contributed by atoms with van der Waals surface area (Å²) >= 11 is 3.05. The lowest BCUT2D eigenvalue weighted by Crippen LogP contribution is -2.33. The molecule has 6 nitrogen and oxygen atoms in total. The van der Waals surface area contributed by atoms with Crippen LogP contribution in [-0.2, 0) is 0 Å². The molecule has 0 aliphatic heterocycles. The number of benzene rings is 2. The van der Waals surface area contributed by atoms with Gasteiger partial charge in [0.05, 0.1) is 33.1 Å². The highest BCUT2D eigenvalue weighted by molar-refractivity contribution is 7.22. The van der Waals surface area contributed by atoms with E-state index in [0.717, 1.165) is 39.1 Å². The fraction of sp³-hybridized carbons (Fsp3) is 0.286. The van der Waals surface area contributed by atoms with Crippen molar-refractivity contribution >= 4 is 54.1 Å². The standard InChI is InChI=1S/C21H22N4O2S2/c1-24(2)9-4-10-25(20(26)14-5-7-16-18(11-14)28-13-22-16)21-23-17-8-6-15(27-3)12-19(17)29-21/h5-8,11-13H,4,9-10H2,1-3H3. The molecular formula is C21H22N4O2S2. The first-order valence-corrected chi connectivity index (χ1v) is 11.0. The number of carbonyl (C=O) groups is 1. The lowest BCUT2D eigenvalue weighted by molar-refractivity contribution is 0.0986. The van der Waals surface area contributed by atoms with Gasteiger partial charge in [-0.15, -0.1) is 11.3 Å². The highest BCUT2D eigenvalue weighted by atomic mass is 32.1. The van der Waals surface area contributed by atoms with E-state index < -0.39 is 0 Å². The predicted molar refractivity (Wildman–Crippen MR) is 121 cm³/mol. The van der Waals surface area contributed by atoms with E-state index >= 15 is 0 Å². The van der Waals surface area contributed by atoms with E-state index in [9.17, 15) is 4.79 Å². The SMILES string of the molecule is COc1ccc2nc(N(CCCN(C)C)C(=O)c3ccc4ncsc4c3)sc2c1. The van der Waals surface area contributed by atoms with Gasteiger partial charge in [-0.05, 0) is 63.5 Å². The third-order valence-corrected chi connectivity index (χ3v) is 6.46. The van der Waals surface area contributed by atoms with Gasteiger partial charge in [0.1, 0.15) is 5.75 Å². The fourth-order valence-electron chi connectivity index (χ4n) is 3.11. The maximum atomic E-state index is 13.4. The Kier molecular flexibility index (Phi) is 5.75.